The summed E-state index contributed by atoms with van der Waals surface area (Å²) in [4.78, 5) is 0.241. The molecule has 1 N–H and O–H groups in total. The van der Waals surface area contributed by atoms with Crippen LogP contribution in [-0.2, 0) is 16.4 Å². The van der Waals surface area contributed by atoms with Gasteiger partial charge in [-0.3, -0.25) is 4.31 Å². The number of rotatable bonds is 5. The second-order valence-corrected chi connectivity index (χ2v) is 6.39. The molecule has 0 bridgehead atoms. The topological polar surface area (TPSA) is 57.6 Å². The Bertz CT molecular complexity index is 651. The van der Waals surface area contributed by atoms with Crippen LogP contribution in [-0.4, -0.2) is 27.2 Å². The first kappa shape index (κ1) is 14.6. The molecular weight excluding hydrogens is 274 g/mol. The van der Waals surface area contributed by atoms with Crippen molar-refractivity contribution in [3.63, 3.8) is 0 Å². The maximum absolute atomic E-state index is 12.5. The highest BCUT2D eigenvalue weighted by Gasteiger charge is 2.20. The summed E-state index contributed by atoms with van der Waals surface area (Å²) in [5.41, 5.74) is 1.53. The lowest BCUT2D eigenvalue weighted by atomic mass is 10.2. The third-order valence-electron chi connectivity index (χ3n) is 3.10. The second-order valence-electron chi connectivity index (χ2n) is 4.43. The van der Waals surface area contributed by atoms with Crippen LogP contribution in [0.3, 0.4) is 0 Å². The van der Waals surface area contributed by atoms with Gasteiger partial charge in [0.25, 0.3) is 10.0 Å². The van der Waals surface area contributed by atoms with Gasteiger partial charge in [-0.25, -0.2) is 8.42 Å². The molecule has 4 nitrogen and oxygen atoms in total. The Hall–Kier alpha value is -1.85. The summed E-state index contributed by atoms with van der Waals surface area (Å²) < 4.78 is 26.2. The number of hydrogen-bond donors (Lipinski definition) is 1. The molecule has 20 heavy (non-hydrogen) atoms. The van der Waals surface area contributed by atoms with E-state index in [9.17, 15) is 8.42 Å². The van der Waals surface area contributed by atoms with Gasteiger partial charge in [0.1, 0.15) is 0 Å². The Morgan fingerprint density at radius 1 is 1.00 bits per heavy atom. The lowest BCUT2D eigenvalue weighted by Crippen LogP contribution is -2.26. The molecule has 0 amide bonds. The Balaban J connectivity index is 2.30. The first-order valence-corrected chi connectivity index (χ1v) is 7.73. The van der Waals surface area contributed by atoms with Crippen molar-refractivity contribution in [3.8, 4) is 0 Å². The van der Waals surface area contributed by atoms with Crippen molar-refractivity contribution in [1.29, 1.82) is 0 Å². The van der Waals surface area contributed by atoms with Gasteiger partial charge in [-0.1, -0.05) is 30.3 Å². The predicted molar refractivity (Wildman–Crippen MR) is 79.3 cm³/mol. The van der Waals surface area contributed by atoms with Crippen molar-refractivity contribution in [3.05, 3.63) is 60.2 Å². The van der Waals surface area contributed by atoms with Gasteiger partial charge in [-0.05, 0) is 36.2 Å². The Kier molecular flexibility index (Phi) is 4.42. The zero-order chi connectivity index (χ0) is 14.6. The summed E-state index contributed by atoms with van der Waals surface area (Å²) in [6.45, 7) is 0.0516. The molecule has 0 radical (unpaired) electrons. The molecule has 2 aromatic rings. The van der Waals surface area contributed by atoms with Crippen LogP contribution < -0.4 is 4.31 Å². The van der Waals surface area contributed by atoms with E-state index in [0.717, 1.165) is 5.56 Å². The van der Waals surface area contributed by atoms with Gasteiger partial charge in [0.15, 0.2) is 0 Å². The van der Waals surface area contributed by atoms with Crippen LogP contribution in [0.5, 0.6) is 0 Å². The van der Waals surface area contributed by atoms with Crippen LogP contribution in [0.1, 0.15) is 5.56 Å². The summed E-state index contributed by atoms with van der Waals surface area (Å²) in [5.74, 6) is 0. The van der Waals surface area contributed by atoms with E-state index in [0.29, 0.717) is 12.1 Å². The van der Waals surface area contributed by atoms with E-state index < -0.39 is 10.0 Å². The molecule has 2 aromatic carbocycles. The lowest BCUT2D eigenvalue weighted by Gasteiger charge is -2.19. The quantitative estimate of drug-likeness (QED) is 0.917. The maximum Gasteiger partial charge on any atom is 0.264 e. The average molecular weight is 291 g/mol. The SMILES string of the molecule is CN(c1ccccc1)S(=O)(=O)c1ccc(CCO)cc1. The predicted octanol–water partition coefficient (Wildman–Crippen LogP) is 2.05. The third kappa shape index (κ3) is 3.00. The summed E-state index contributed by atoms with van der Waals surface area (Å²) in [6.07, 6.45) is 0.523. The first-order chi connectivity index (χ1) is 9.55. The second kappa shape index (κ2) is 6.07. The number of hydrogen-bond acceptors (Lipinski definition) is 3. The average Bonchev–Trinajstić information content (AvgIpc) is 2.48. The number of para-hydroxylation sites is 1. The van der Waals surface area contributed by atoms with Crippen molar-refractivity contribution in [1.82, 2.24) is 0 Å². The fourth-order valence-electron chi connectivity index (χ4n) is 1.89. The van der Waals surface area contributed by atoms with Crippen LogP contribution in [0, 0.1) is 0 Å². The van der Waals surface area contributed by atoms with Gasteiger partial charge in [0, 0.05) is 13.7 Å². The fourth-order valence-corrected chi connectivity index (χ4v) is 3.09. The largest absolute Gasteiger partial charge is 0.396 e. The minimum absolute atomic E-state index is 0.0516. The molecular formula is C15H17NO3S. The molecule has 0 fully saturated rings. The standard InChI is InChI=1S/C15H17NO3S/c1-16(14-5-3-2-4-6-14)20(18,19)15-9-7-13(8-10-15)11-12-17/h2-10,17H,11-12H2,1H3. The van der Waals surface area contributed by atoms with Crippen LogP contribution >= 0.6 is 0 Å². The maximum atomic E-state index is 12.5. The minimum Gasteiger partial charge on any atom is -0.396 e. The molecule has 5 heteroatoms. The lowest BCUT2D eigenvalue weighted by molar-refractivity contribution is 0.299. The highest BCUT2D eigenvalue weighted by atomic mass is 32.2. The number of sulfonamides is 1. The van der Waals surface area contributed by atoms with Crippen molar-refractivity contribution >= 4 is 15.7 Å². The molecule has 0 saturated carbocycles. The summed E-state index contributed by atoms with van der Waals surface area (Å²) in [5, 5.41) is 8.86. The molecule has 106 valence electrons. The molecule has 0 aromatic heterocycles. The van der Waals surface area contributed by atoms with Crippen molar-refractivity contribution in [2.75, 3.05) is 18.0 Å². The fraction of sp³-hybridized carbons (Fsp3) is 0.200. The Morgan fingerprint density at radius 3 is 2.15 bits per heavy atom. The third-order valence-corrected chi connectivity index (χ3v) is 4.90. The van der Waals surface area contributed by atoms with E-state index in [1.54, 1.807) is 48.5 Å². The van der Waals surface area contributed by atoms with E-state index >= 15 is 0 Å². The number of aliphatic hydroxyl groups is 1. The zero-order valence-electron chi connectivity index (χ0n) is 11.2. The molecule has 0 aliphatic rings. The number of anilines is 1. The van der Waals surface area contributed by atoms with E-state index in [1.165, 1.54) is 11.4 Å². The van der Waals surface area contributed by atoms with Gasteiger partial charge >= 0.3 is 0 Å². The van der Waals surface area contributed by atoms with Crippen LogP contribution in [0.15, 0.2) is 59.5 Å². The highest BCUT2D eigenvalue weighted by Crippen LogP contribution is 2.21. The molecule has 0 saturated heterocycles. The zero-order valence-corrected chi connectivity index (χ0v) is 12.0. The van der Waals surface area contributed by atoms with Gasteiger partial charge in [-0.15, -0.1) is 0 Å². The Labute approximate surface area is 119 Å². The van der Waals surface area contributed by atoms with Gasteiger partial charge in [0.05, 0.1) is 10.6 Å². The molecule has 0 atom stereocenters. The molecule has 0 spiro atoms. The monoisotopic (exact) mass is 291 g/mol. The van der Waals surface area contributed by atoms with Gasteiger partial charge in [-0.2, -0.15) is 0 Å². The van der Waals surface area contributed by atoms with E-state index in [2.05, 4.69) is 0 Å². The summed E-state index contributed by atoms with van der Waals surface area (Å²) in [7, 11) is -2.02. The van der Waals surface area contributed by atoms with E-state index in [-0.39, 0.29) is 11.5 Å². The molecule has 2 rings (SSSR count). The molecule has 0 heterocycles. The molecule has 0 unspecified atom stereocenters. The van der Waals surface area contributed by atoms with Crippen LogP contribution in [0.2, 0.25) is 0 Å². The Morgan fingerprint density at radius 2 is 1.60 bits per heavy atom. The van der Waals surface area contributed by atoms with Crippen molar-refractivity contribution in [2.45, 2.75) is 11.3 Å². The number of benzene rings is 2. The van der Waals surface area contributed by atoms with Gasteiger partial charge in [0.2, 0.25) is 0 Å². The van der Waals surface area contributed by atoms with Crippen molar-refractivity contribution in [2.24, 2.45) is 0 Å². The van der Waals surface area contributed by atoms with Gasteiger partial charge < -0.3 is 5.11 Å². The number of nitrogens with zero attached hydrogens (tertiary/aromatic N) is 1. The van der Waals surface area contributed by atoms with E-state index in [4.69, 9.17) is 5.11 Å². The number of aliphatic hydroxyl groups excluding tert-OH is 1. The molecule has 0 aliphatic heterocycles. The first-order valence-electron chi connectivity index (χ1n) is 6.29. The normalized spacial score (nSPS) is 11.3. The smallest absolute Gasteiger partial charge is 0.264 e. The van der Waals surface area contributed by atoms with E-state index in [1.807, 2.05) is 6.07 Å². The van der Waals surface area contributed by atoms with Crippen molar-refractivity contribution < 1.29 is 13.5 Å². The summed E-state index contributed by atoms with van der Waals surface area (Å²) in [6, 6.07) is 15.5. The van der Waals surface area contributed by atoms with Crippen LogP contribution in [0.4, 0.5) is 5.69 Å². The molecule has 0 aliphatic carbocycles. The minimum atomic E-state index is -3.55. The summed E-state index contributed by atoms with van der Waals surface area (Å²) >= 11 is 0. The van der Waals surface area contributed by atoms with Crippen LogP contribution in [0.25, 0.3) is 0 Å². The highest BCUT2D eigenvalue weighted by molar-refractivity contribution is 7.92.